The van der Waals surface area contributed by atoms with Crippen LogP contribution in [0.3, 0.4) is 0 Å². The van der Waals surface area contributed by atoms with Crippen LogP contribution in [0.5, 0.6) is 5.75 Å². The maximum atomic E-state index is 12.6. The minimum absolute atomic E-state index is 0.0877. The van der Waals surface area contributed by atoms with Gasteiger partial charge < -0.3 is 19.7 Å². The number of anilines is 1. The number of nitrogens with one attached hydrogen (secondary N) is 1. The summed E-state index contributed by atoms with van der Waals surface area (Å²) in [7, 11) is 1.55. The van der Waals surface area contributed by atoms with E-state index in [-0.39, 0.29) is 11.8 Å². The van der Waals surface area contributed by atoms with Crippen molar-refractivity contribution in [2.75, 3.05) is 38.7 Å². The molecule has 0 bridgehead atoms. The SMILES string of the molecule is COc1ccccc1NC(=O)c1cccc(C(=O)N2CCOCC2)c1. The van der Waals surface area contributed by atoms with E-state index in [1.165, 1.54) is 0 Å². The molecule has 25 heavy (non-hydrogen) atoms. The van der Waals surface area contributed by atoms with Crippen molar-refractivity contribution in [2.24, 2.45) is 0 Å². The van der Waals surface area contributed by atoms with Crippen LogP contribution in [0.25, 0.3) is 0 Å². The van der Waals surface area contributed by atoms with Gasteiger partial charge in [-0.1, -0.05) is 18.2 Å². The Labute approximate surface area is 146 Å². The predicted octanol–water partition coefficient (Wildman–Crippen LogP) is 2.42. The van der Waals surface area contributed by atoms with Gasteiger partial charge in [0.25, 0.3) is 11.8 Å². The number of amides is 2. The first-order valence-electron chi connectivity index (χ1n) is 8.10. The molecule has 0 unspecified atom stereocenters. The Balaban J connectivity index is 1.76. The van der Waals surface area contributed by atoms with Gasteiger partial charge in [0.05, 0.1) is 26.0 Å². The highest BCUT2D eigenvalue weighted by molar-refractivity contribution is 6.06. The molecule has 3 rings (SSSR count). The lowest BCUT2D eigenvalue weighted by molar-refractivity contribution is 0.0303. The van der Waals surface area contributed by atoms with Crippen molar-refractivity contribution in [1.82, 2.24) is 4.90 Å². The van der Waals surface area contributed by atoms with E-state index >= 15 is 0 Å². The molecule has 1 saturated heterocycles. The van der Waals surface area contributed by atoms with E-state index in [0.29, 0.717) is 48.9 Å². The summed E-state index contributed by atoms with van der Waals surface area (Å²) in [5.74, 6) is 0.202. The number of hydrogen-bond acceptors (Lipinski definition) is 4. The summed E-state index contributed by atoms with van der Waals surface area (Å²) in [4.78, 5) is 26.8. The number of nitrogens with zero attached hydrogens (tertiary/aromatic N) is 1. The summed E-state index contributed by atoms with van der Waals surface area (Å²) in [5.41, 5.74) is 1.50. The molecule has 0 atom stereocenters. The molecule has 6 heteroatoms. The van der Waals surface area contributed by atoms with Crippen LogP contribution in [0.1, 0.15) is 20.7 Å². The third kappa shape index (κ3) is 3.97. The predicted molar refractivity (Wildman–Crippen MR) is 94.1 cm³/mol. The van der Waals surface area contributed by atoms with Crippen molar-refractivity contribution in [2.45, 2.75) is 0 Å². The lowest BCUT2D eigenvalue weighted by Crippen LogP contribution is -2.40. The monoisotopic (exact) mass is 340 g/mol. The lowest BCUT2D eigenvalue weighted by Gasteiger charge is -2.27. The van der Waals surface area contributed by atoms with E-state index in [1.54, 1.807) is 48.4 Å². The molecule has 1 aliphatic heterocycles. The number of benzene rings is 2. The molecule has 130 valence electrons. The highest BCUT2D eigenvalue weighted by atomic mass is 16.5. The molecule has 0 saturated carbocycles. The van der Waals surface area contributed by atoms with Crippen LogP contribution in [0.4, 0.5) is 5.69 Å². The number of carbonyl (C=O) groups is 2. The van der Waals surface area contributed by atoms with Crippen LogP contribution in [0, 0.1) is 0 Å². The van der Waals surface area contributed by atoms with Crippen molar-refractivity contribution in [1.29, 1.82) is 0 Å². The highest BCUT2D eigenvalue weighted by Crippen LogP contribution is 2.23. The molecule has 1 heterocycles. The zero-order chi connectivity index (χ0) is 17.6. The summed E-state index contributed by atoms with van der Waals surface area (Å²) >= 11 is 0. The van der Waals surface area contributed by atoms with Gasteiger partial charge in [-0.25, -0.2) is 0 Å². The van der Waals surface area contributed by atoms with Gasteiger partial charge in [-0.15, -0.1) is 0 Å². The first-order chi connectivity index (χ1) is 12.2. The number of ether oxygens (including phenoxy) is 2. The molecule has 1 aliphatic rings. The quantitative estimate of drug-likeness (QED) is 0.928. The minimum Gasteiger partial charge on any atom is -0.495 e. The van der Waals surface area contributed by atoms with Crippen LogP contribution >= 0.6 is 0 Å². The first kappa shape index (κ1) is 17.0. The molecule has 2 amide bonds. The molecule has 6 nitrogen and oxygen atoms in total. The summed E-state index contributed by atoms with van der Waals surface area (Å²) in [6.45, 7) is 2.21. The number of methoxy groups -OCH3 is 1. The molecular formula is C19H20N2O4. The average Bonchev–Trinajstić information content (AvgIpc) is 2.68. The number of hydrogen-bond donors (Lipinski definition) is 1. The van der Waals surface area contributed by atoms with Crippen LogP contribution in [-0.2, 0) is 4.74 Å². The van der Waals surface area contributed by atoms with Gasteiger partial charge in [0.1, 0.15) is 5.75 Å². The lowest BCUT2D eigenvalue weighted by atomic mass is 10.1. The van der Waals surface area contributed by atoms with Crippen LogP contribution < -0.4 is 10.1 Å². The molecule has 0 spiro atoms. The van der Waals surface area contributed by atoms with Crippen molar-refractivity contribution in [3.05, 3.63) is 59.7 Å². The van der Waals surface area contributed by atoms with Crippen molar-refractivity contribution < 1.29 is 19.1 Å². The van der Waals surface area contributed by atoms with Crippen molar-refractivity contribution >= 4 is 17.5 Å². The van der Waals surface area contributed by atoms with Crippen molar-refractivity contribution in [3.8, 4) is 5.75 Å². The fourth-order valence-corrected chi connectivity index (χ4v) is 2.68. The van der Waals surface area contributed by atoms with Crippen LogP contribution in [-0.4, -0.2) is 50.1 Å². The first-order valence-corrected chi connectivity index (χ1v) is 8.10. The summed E-state index contributed by atoms with van der Waals surface area (Å²) in [6, 6.07) is 13.9. The zero-order valence-corrected chi connectivity index (χ0v) is 14.0. The van der Waals surface area contributed by atoms with E-state index in [9.17, 15) is 9.59 Å². The molecule has 1 N–H and O–H groups in total. The summed E-state index contributed by atoms with van der Waals surface area (Å²) in [5, 5.41) is 2.81. The number of carbonyl (C=O) groups excluding carboxylic acids is 2. The maximum absolute atomic E-state index is 12.6. The Bertz CT molecular complexity index is 770. The Morgan fingerprint density at radius 3 is 2.52 bits per heavy atom. The number of rotatable bonds is 4. The van der Waals surface area contributed by atoms with Crippen LogP contribution in [0.15, 0.2) is 48.5 Å². The van der Waals surface area contributed by atoms with Gasteiger partial charge >= 0.3 is 0 Å². The zero-order valence-electron chi connectivity index (χ0n) is 14.0. The van der Waals surface area contributed by atoms with Gasteiger partial charge in [-0.05, 0) is 30.3 Å². The van der Waals surface area contributed by atoms with Crippen molar-refractivity contribution in [3.63, 3.8) is 0 Å². The second kappa shape index (κ2) is 7.81. The van der Waals surface area contributed by atoms with Gasteiger partial charge in [0.15, 0.2) is 0 Å². The second-order valence-corrected chi connectivity index (χ2v) is 5.64. The standard InChI is InChI=1S/C19H20N2O4/c1-24-17-8-3-2-7-16(17)20-18(22)14-5-4-6-15(13-14)19(23)21-9-11-25-12-10-21/h2-8,13H,9-12H2,1H3,(H,20,22). The second-order valence-electron chi connectivity index (χ2n) is 5.64. The Morgan fingerprint density at radius 2 is 1.76 bits per heavy atom. The Hall–Kier alpha value is -2.86. The molecule has 0 aromatic heterocycles. The molecular weight excluding hydrogens is 320 g/mol. The van der Waals surface area contributed by atoms with Gasteiger partial charge in [0, 0.05) is 24.2 Å². The van der Waals surface area contributed by atoms with Gasteiger partial charge in [-0.3, -0.25) is 9.59 Å². The number of para-hydroxylation sites is 2. The smallest absolute Gasteiger partial charge is 0.255 e. The largest absolute Gasteiger partial charge is 0.495 e. The Morgan fingerprint density at radius 1 is 1.04 bits per heavy atom. The third-order valence-corrected chi connectivity index (χ3v) is 4.03. The Kier molecular flexibility index (Phi) is 5.30. The molecule has 0 aliphatic carbocycles. The van der Waals surface area contributed by atoms with Crippen LogP contribution in [0.2, 0.25) is 0 Å². The van der Waals surface area contributed by atoms with E-state index in [0.717, 1.165) is 0 Å². The topological polar surface area (TPSA) is 67.9 Å². The van der Waals surface area contributed by atoms with Gasteiger partial charge in [-0.2, -0.15) is 0 Å². The van der Waals surface area contributed by atoms with E-state index in [1.807, 2.05) is 12.1 Å². The normalized spacial score (nSPS) is 14.0. The summed E-state index contributed by atoms with van der Waals surface area (Å²) < 4.78 is 10.5. The van der Waals surface area contributed by atoms with E-state index in [4.69, 9.17) is 9.47 Å². The molecule has 1 fully saturated rings. The molecule has 0 radical (unpaired) electrons. The highest BCUT2D eigenvalue weighted by Gasteiger charge is 2.19. The fourth-order valence-electron chi connectivity index (χ4n) is 2.68. The third-order valence-electron chi connectivity index (χ3n) is 4.03. The minimum atomic E-state index is -0.291. The molecule has 2 aromatic rings. The van der Waals surface area contributed by atoms with Gasteiger partial charge in [0.2, 0.25) is 0 Å². The fraction of sp³-hybridized carbons (Fsp3) is 0.263. The maximum Gasteiger partial charge on any atom is 0.255 e. The summed E-state index contributed by atoms with van der Waals surface area (Å²) in [6.07, 6.45) is 0. The van der Waals surface area contributed by atoms with E-state index < -0.39 is 0 Å². The number of morpholine rings is 1. The average molecular weight is 340 g/mol. The molecule has 2 aromatic carbocycles. The van der Waals surface area contributed by atoms with E-state index in [2.05, 4.69) is 5.32 Å².